The van der Waals surface area contributed by atoms with Gasteiger partial charge in [0, 0.05) is 63.5 Å². The monoisotopic (exact) mass is 611 g/mol. The van der Waals surface area contributed by atoms with Crippen molar-refractivity contribution in [1.82, 2.24) is 25.1 Å². The number of aromatic amines is 1. The molecule has 0 bridgehead atoms. The molecule has 5 rings (SSSR count). The van der Waals surface area contributed by atoms with E-state index in [2.05, 4.69) is 15.1 Å². The summed E-state index contributed by atoms with van der Waals surface area (Å²) in [5.74, 6) is 0.474. The highest BCUT2D eigenvalue weighted by atomic mass is 19.4. The molecule has 4 heterocycles. The topological polar surface area (TPSA) is 108 Å². The number of aromatic nitrogens is 4. The quantitative estimate of drug-likeness (QED) is 0.403. The maximum absolute atomic E-state index is 13.4. The van der Waals surface area contributed by atoms with Crippen LogP contribution < -0.4 is 20.1 Å². The Hall–Kier alpha value is -4.37. The SMILES string of the molecule is O=C(CC[C@@H]1C[C@@H](Oc2ccccc2)CN1c1cc(C(F)(F)F)c(=O)[nH]n1)N1CCN(c2ncc(C(F)(F)F)cn2)CC1. The van der Waals surface area contributed by atoms with Crippen molar-refractivity contribution in [3.63, 3.8) is 0 Å². The summed E-state index contributed by atoms with van der Waals surface area (Å²) < 4.78 is 84.8. The Morgan fingerprint density at radius 1 is 0.977 bits per heavy atom. The standard InChI is InChI=1S/C27H27F6N7O3/c28-26(29,30)17-14-34-25(35-15-17)39-10-8-38(9-11-39)23(41)7-6-18-12-20(43-19-4-2-1-3-5-19)16-40(18)22-13-21(27(31,32)33)24(42)37-36-22/h1-5,13-15,18,20H,6-12,16H2,(H,37,42)/t18-,20-/m1/s1. The van der Waals surface area contributed by atoms with Crippen molar-refractivity contribution < 1.29 is 35.9 Å². The number of H-pyrrole nitrogens is 1. The average molecular weight is 612 g/mol. The minimum atomic E-state index is -4.87. The van der Waals surface area contributed by atoms with Gasteiger partial charge in [-0.25, -0.2) is 15.1 Å². The van der Waals surface area contributed by atoms with Crippen LogP contribution in [0.3, 0.4) is 0 Å². The minimum Gasteiger partial charge on any atom is -0.489 e. The number of nitrogens with one attached hydrogen (secondary N) is 1. The van der Waals surface area contributed by atoms with E-state index in [0.29, 0.717) is 44.4 Å². The van der Waals surface area contributed by atoms with Crippen LogP contribution in [0.25, 0.3) is 0 Å². The third-order valence-corrected chi connectivity index (χ3v) is 7.38. The van der Waals surface area contributed by atoms with Gasteiger partial charge in [0.2, 0.25) is 11.9 Å². The third-order valence-electron chi connectivity index (χ3n) is 7.38. The lowest BCUT2D eigenvalue weighted by molar-refractivity contribution is -0.139. The Bertz CT molecular complexity index is 1460. The number of anilines is 2. The van der Waals surface area contributed by atoms with Gasteiger partial charge in [0.1, 0.15) is 23.2 Å². The summed E-state index contributed by atoms with van der Waals surface area (Å²) in [4.78, 5) is 37.4. The first-order valence-electron chi connectivity index (χ1n) is 13.5. The van der Waals surface area contributed by atoms with Crippen LogP contribution in [0.2, 0.25) is 0 Å². The fraction of sp³-hybridized carbons (Fsp3) is 0.444. The molecule has 1 amide bonds. The first kappa shape index (κ1) is 30.1. The number of carbonyl (C=O) groups is 1. The lowest BCUT2D eigenvalue weighted by Crippen LogP contribution is -2.49. The second-order valence-electron chi connectivity index (χ2n) is 10.2. The zero-order valence-corrected chi connectivity index (χ0v) is 22.6. The fourth-order valence-electron chi connectivity index (χ4n) is 5.19. The zero-order chi connectivity index (χ0) is 30.8. The van der Waals surface area contributed by atoms with Gasteiger partial charge in [-0.15, -0.1) is 0 Å². The van der Waals surface area contributed by atoms with Crippen LogP contribution in [0.4, 0.5) is 38.1 Å². The Balaban J connectivity index is 1.23. The highest BCUT2D eigenvalue weighted by molar-refractivity contribution is 5.76. The van der Waals surface area contributed by atoms with Crippen LogP contribution >= 0.6 is 0 Å². The molecule has 0 saturated carbocycles. The van der Waals surface area contributed by atoms with Gasteiger partial charge in [0.05, 0.1) is 12.1 Å². The van der Waals surface area contributed by atoms with Gasteiger partial charge in [-0.1, -0.05) is 18.2 Å². The second kappa shape index (κ2) is 12.1. The van der Waals surface area contributed by atoms with Gasteiger partial charge in [0.25, 0.3) is 5.56 Å². The number of nitrogens with zero attached hydrogens (tertiary/aromatic N) is 6. The van der Waals surface area contributed by atoms with Crippen molar-refractivity contribution in [3.05, 3.63) is 70.3 Å². The van der Waals surface area contributed by atoms with Crippen molar-refractivity contribution in [2.45, 2.75) is 43.8 Å². The zero-order valence-electron chi connectivity index (χ0n) is 22.6. The molecule has 10 nitrogen and oxygen atoms in total. The number of amides is 1. The van der Waals surface area contributed by atoms with Gasteiger partial charge in [-0.3, -0.25) is 9.59 Å². The van der Waals surface area contributed by atoms with E-state index in [9.17, 15) is 35.9 Å². The average Bonchev–Trinajstić information content (AvgIpc) is 3.38. The maximum atomic E-state index is 13.4. The van der Waals surface area contributed by atoms with Gasteiger partial charge in [-0.2, -0.15) is 31.4 Å². The minimum absolute atomic E-state index is 0.0753. The summed E-state index contributed by atoms with van der Waals surface area (Å²) >= 11 is 0. The number of benzene rings is 1. The number of piperazine rings is 1. The largest absolute Gasteiger partial charge is 0.489 e. The molecule has 230 valence electrons. The molecular formula is C27H27F6N7O3. The van der Waals surface area contributed by atoms with E-state index in [1.807, 2.05) is 11.2 Å². The van der Waals surface area contributed by atoms with E-state index in [1.165, 1.54) is 0 Å². The van der Waals surface area contributed by atoms with Crippen LogP contribution in [-0.4, -0.2) is 75.8 Å². The van der Waals surface area contributed by atoms with Gasteiger partial charge in [-0.05, 0) is 18.6 Å². The first-order valence-corrected chi connectivity index (χ1v) is 13.5. The summed E-state index contributed by atoms with van der Waals surface area (Å²) in [5.41, 5.74) is -3.66. The fourth-order valence-corrected chi connectivity index (χ4v) is 5.19. The third kappa shape index (κ3) is 7.17. The summed E-state index contributed by atoms with van der Waals surface area (Å²) in [6.45, 7) is 1.43. The van der Waals surface area contributed by atoms with Crippen LogP contribution in [0.15, 0.2) is 53.6 Å². The van der Waals surface area contributed by atoms with E-state index < -0.39 is 41.2 Å². The maximum Gasteiger partial charge on any atom is 0.421 e. The molecule has 0 unspecified atom stereocenters. The molecule has 16 heteroatoms. The molecule has 1 N–H and O–H groups in total. The molecule has 2 aromatic heterocycles. The predicted molar refractivity (Wildman–Crippen MR) is 142 cm³/mol. The molecule has 43 heavy (non-hydrogen) atoms. The number of carbonyl (C=O) groups excluding carboxylic acids is 1. The van der Waals surface area contributed by atoms with Crippen molar-refractivity contribution >= 4 is 17.7 Å². The highest BCUT2D eigenvalue weighted by Crippen LogP contribution is 2.33. The van der Waals surface area contributed by atoms with E-state index in [4.69, 9.17) is 4.74 Å². The molecular weight excluding hydrogens is 584 g/mol. The molecule has 2 aliphatic heterocycles. The Kier molecular flexibility index (Phi) is 8.46. The van der Waals surface area contributed by atoms with Gasteiger partial charge in [0.15, 0.2) is 0 Å². The molecule has 0 spiro atoms. The van der Waals surface area contributed by atoms with Crippen molar-refractivity contribution in [2.24, 2.45) is 0 Å². The highest BCUT2D eigenvalue weighted by Gasteiger charge is 2.39. The first-order chi connectivity index (χ1) is 20.4. The van der Waals surface area contributed by atoms with Gasteiger partial charge < -0.3 is 19.4 Å². The summed E-state index contributed by atoms with van der Waals surface area (Å²) in [6.07, 6.45) is -7.59. The summed E-state index contributed by atoms with van der Waals surface area (Å²) in [5, 5.41) is 5.78. The van der Waals surface area contributed by atoms with Crippen LogP contribution in [-0.2, 0) is 17.1 Å². The molecule has 0 aliphatic carbocycles. The molecule has 3 aromatic rings. The van der Waals surface area contributed by atoms with E-state index in [1.54, 1.807) is 39.0 Å². The lowest BCUT2D eigenvalue weighted by atomic mass is 10.1. The second-order valence-corrected chi connectivity index (χ2v) is 10.2. The van der Waals surface area contributed by atoms with E-state index in [-0.39, 0.29) is 37.1 Å². The molecule has 2 fully saturated rings. The number of rotatable bonds is 7. The number of ether oxygens (including phenoxy) is 1. The Labute approximate surface area is 241 Å². The lowest BCUT2D eigenvalue weighted by Gasteiger charge is -2.35. The molecule has 2 saturated heterocycles. The Morgan fingerprint density at radius 2 is 1.65 bits per heavy atom. The number of hydrogen-bond acceptors (Lipinski definition) is 8. The van der Waals surface area contributed by atoms with Crippen LogP contribution in [0.5, 0.6) is 5.75 Å². The predicted octanol–water partition coefficient (Wildman–Crippen LogP) is 3.75. The molecule has 2 atom stereocenters. The molecule has 0 radical (unpaired) electrons. The number of alkyl halides is 6. The van der Waals surface area contributed by atoms with Crippen molar-refractivity contribution in [2.75, 3.05) is 42.5 Å². The van der Waals surface area contributed by atoms with Crippen molar-refractivity contribution in [3.8, 4) is 5.75 Å². The smallest absolute Gasteiger partial charge is 0.421 e. The molecule has 2 aliphatic rings. The Morgan fingerprint density at radius 3 is 2.28 bits per heavy atom. The van der Waals surface area contributed by atoms with Crippen LogP contribution in [0, 0.1) is 0 Å². The van der Waals surface area contributed by atoms with Crippen molar-refractivity contribution in [1.29, 1.82) is 0 Å². The van der Waals surface area contributed by atoms with E-state index in [0.717, 1.165) is 12.4 Å². The number of hydrogen-bond donors (Lipinski definition) is 1. The van der Waals surface area contributed by atoms with Gasteiger partial charge >= 0.3 is 12.4 Å². The van der Waals surface area contributed by atoms with E-state index >= 15 is 0 Å². The van der Waals surface area contributed by atoms with Crippen LogP contribution in [0.1, 0.15) is 30.4 Å². The normalized spacial score (nSPS) is 19.5. The summed E-state index contributed by atoms with van der Waals surface area (Å²) in [6, 6.07) is 9.23. The number of halogens is 6. The summed E-state index contributed by atoms with van der Waals surface area (Å²) in [7, 11) is 0. The number of para-hydroxylation sites is 1. The molecule has 1 aromatic carbocycles.